The maximum Gasteiger partial charge on any atom is 0.276 e. The number of carbonyl (C=O) groups excluding carboxylic acids is 1. The predicted octanol–water partition coefficient (Wildman–Crippen LogP) is 4.64. The number of nitrogens with one attached hydrogen (secondary N) is 1. The van der Waals surface area contributed by atoms with Crippen LogP contribution in [0.5, 0.6) is 0 Å². The number of hydrogen-bond donors (Lipinski definition) is 1. The number of aromatic nitrogens is 3. The van der Waals surface area contributed by atoms with Crippen LogP contribution in [0.1, 0.15) is 40.8 Å². The standard InChI is InChI=1S/C22H19FN4O2/c1-13-4-6-14(7-5-13)20-12-18(26-29-20)22(28)27-10-2-3-19(27)21-24-16-9-8-15(23)11-17(16)25-21/h4-9,11-12,19H,2-3,10H2,1H3,(H,24,25). The molecule has 1 amide bonds. The molecule has 2 aromatic carbocycles. The third kappa shape index (κ3) is 3.18. The lowest BCUT2D eigenvalue weighted by atomic mass is 10.1. The number of amides is 1. The lowest BCUT2D eigenvalue weighted by Crippen LogP contribution is -2.31. The van der Waals surface area contributed by atoms with Gasteiger partial charge in [-0.2, -0.15) is 0 Å². The fourth-order valence-electron chi connectivity index (χ4n) is 3.83. The van der Waals surface area contributed by atoms with Gasteiger partial charge in [0, 0.05) is 18.2 Å². The van der Waals surface area contributed by atoms with Gasteiger partial charge in [-0.15, -0.1) is 0 Å². The minimum Gasteiger partial charge on any atom is -0.355 e. The van der Waals surface area contributed by atoms with Gasteiger partial charge in [-0.1, -0.05) is 35.0 Å². The number of halogens is 1. The smallest absolute Gasteiger partial charge is 0.276 e. The lowest BCUT2D eigenvalue weighted by molar-refractivity contribution is 0.0720. The van der Waals surface area contributed by atoms with Crippen LogP contribution >= 0.6 is 0 Å². The second-order valence-corrected chi connectivity index (χ2v) is 7.38. The van der Waals surface area contributed by atoms with E-state index in [0.29, 0.717) is 29.2 Å². The van der Waals surface area contributed by atoms with Gasteiger partial charge in [0.05, 0.1) is 17.1 Å². The van der Waals surface area contributed by atoms with Crippen LogP contribution in [-0.2, 0) is 0 Å². The number of aryl methyl sites for hydroxylation is 1. The zero-order valence-corrected chi connectivity index (χ0v) is 15.9. The molecule has 1 aliphatic rings. The van der Waals surface area contributed by atoms with E-state index in [1.165, 1.54) is 12.1 Å². The molecule has 0 radical (unpaired) electrons. The Labute approximate surface area is 166 Å². The number of benzene rings is 2. The Morgan fingerprint density at radius 3 is 2.86 bits per heavy atom. The van der Waals surface area contributed by atoms with Crippen molar-refractivity contribution in [3.05, 3.63) is 71.4 Å². The van der Waals surface area contributed by atoms with E-state index in [9.17, 15) is 9.18 Å². The summed E-state index contributed by atoms with van der Waals surface area (Å²) in [7, 11) is 0. The molecule has 0 bridgehead atoms. The number of hydrogen-bond acceptors (Lipinski definition) is 4. The van der Waals surface area contributed by atoms with Crippen molar-refractivity contribution in [2.75, 3.05) is 6.54 Å². The summed E-state index contributed by atoms with van der Waals surface area (Å²) < 4.78 is 18.9. The Morgan fingerprint density at radius 2 is 2.03 bits per heavy atom. The minimum atomic E-state index is -0.321. The molecule has 6 nitrogen and oxygen atoms in total. The van der Waals surface area contributed by atoms with E-state index in [4.69, 9.17) is 4.52 Å². The van der Waals surface area contributed by atoms with Crippen LogP contribution in [0.15, 0.2) is 53.1 Å². The Balaban J connectivity index is 1.42. The molecule has 146 valence electrons. The molecule has 1 N–H and O–H groups in total. The lowest BCUT2D eigenvalue weighted by Gasteiger charge is -2.21. The second kappa shape index (κ2) is 6.84. The first-order valence-corrected chi connectivity index (χ1v) is 9.58. The average molecular weight is 390 g/mol. The van der Waals surface area contributed by atoms with Crippen LogP contribution < -0.4 is 0 Å². The molecule has 0 saturated carbocycles. The maximum absolute atomic E-state index is 13.5. The zero-order valence-electron chi connectivity index (χ0n) is 15.9. The molecular formula is C22H19FN4O2. The van der Waals surface area contributed by atoms with Crippen molar-refractivity contribution < 1.29 is 13.7 Å². The second-order valence-electron chi connectivity index (χ2n) is 7.38. The Bertz CT molecular complexity index is 1200. The predicted molar refractivity (Wildman–Crippen MR) is 106 cm³/mol. The first kappa shape index (κ1) is 17.6. The molecule has 0 aliphatic carbocycles. The summed E-state index contributed by atoms with van der Waals surface area (Å²) in [6.45, 7) is 2.63. The topological polar surface area (TPSA) is 75.0 Å². The molecule has 3 heterocycles. The molecule has 1 saturated heterocycles. The Morgan fingerprint density at radius 1 is 1.21 bits per heavy atom. The summed E-state index contributed by atoms with van der Waals surface area (Å²) in [6, 6.07) is 13.8. The molecule has 2 aromatic heterocycles. The molecule has 7 heteroatoms. The summed E-state index contributed by atoms with van der Waals surface area (Å²) in [5.74, 6) is 0.710. The molecule has 1 unspecified atom stereocenters. The highest BCUT2D eigenvalue weighted by molar-refractivity contribution is 5.93. The van der Waals surface area contributed by atoms with Crippen LogP contribution in [0.4, 0.5) is 4.39 Å². The van der Waals surface area contributed by atoms with E-state index in [2.05, 4.69) is 15.1 Å². The van der Waals surface area contributed by atoms with Crippen molar-refractivity contribution in [2.45, 2.75) is 25.8 Å². The van der Waals surface area contributed by atoms with Gasteiger partial charge in [0.25, 0.3) is 5.91 Å². The molecule has 29 heavy (non-hydrogen) atoms. The SMILES string of the molecule is Cc1ccc(-c2cc(C(=O)N3CCCC3c3nc4ccc(F)cc4[nH]3)no2)cc1. The first-order chi connectivity index (χ1) is 14.1. The van der Waals surface area contributed by atoms with Crippen molar-refractivity contribution >= 4 is 16.9 Å². The van der Waals surface area contributed by atoms with Gasteiger partial charge in [-0.05, 0) is 38.0 Å². The van der Waals surface area contributed by atoms with Gasteiger partial charge in [0.2, 0.25) is 0 Å². The molecule has 0 spiro atoms. The number of imidazole rings is 1. The summed E-state index contributed by atoms with van der Waals surface area (Å²) >= 11 is 0. The monoisotopic (exact) mass is 390 g/mol. The number of rotatable bonds is 3. The largest absolute Gasteiger partial charge is 0.355 e. The van der Waals surface area contributed by atoms with Gasteiger partial charge in [0.15, 0.2) is 11.5 Å². The van der Waals surface area contributed by atoms with E-state index in [1.807, 2.05) is 31.2 Å². The summed E-state index contributed by atoms with van der Waals surface area (Å²) in [4.78, 5) is 22.6. The normalized spacial score (nSPS) is 16.6. The van der Waals surface area contributed by atoms with E-state index < -0.39 is 0 Å². The summed E-state index contributed by atoms with van der Waals surface area (Å²) in [6.07, 6.45) is 1.65. The highest BCUT2D eigenvalue weighted by Gasteiger charge is 2.34. The van der Waals surface area contributed by atoms with Crippen LogP contribution in [0.25, 0.3) is 22.4 Å². The van der Waals surface area contributed by atoms with E-state index >= 15 is 0 Å². The number of H-pyrrole nitrogens is 1. The third-order valence-corrected chi connectivity index (χ3v) is 5.36. The molecule has 5 rings (SSSR count). The highest BCUT2D eigenvalue weighted by Crippen LogP contribution is 2.33. The number of fused-ring (bicyclic) bond motifs is 1. The van der Waals surface area contributed by atoms with Crippen LogP contribution in [0.2, 0.25) is 0 Å². The van der Waals surface area contributed by atoms with Crippen molar-refractivity contribution in [3.8, 4) is 11.3 Å². The van der Waals surface area contributed by atoms with Gasteiger partial charge in [0.1, 0.15) is 11.6 Å². The molecular weight excluding hydrogens is 371 g/mol. The Kier molecular flexibility index (Phi) is 4.16. The zero-order chi connectivity index (χ0) is 20.0. The van der Waals surface area contributed by atoms with Crippen LogP contribution in [0.3, 0.4) is 0 Å². The molecule has 1 fully saturated rings. The highest BCUT2D eigenvalue weighted by atomic mass is 19.1. The van der Waals surface area contributed by atoms with Gasteiger partial charge in [-0.25, -0.2) is 9.37 Å². The van der Waals surface area contributed by atoms with Gasteiger partial charge in [-0.3, -0.25) is 4.79 Å². The summed E-state index contributed by atoms with van der Waals surface area (Å²) in [5.41, 5.74) is 3.61. The van der Waals surface area contributed by atoms with Crippen molar-refractivity contribution in [1.82, 2.24) is 20.0 Å². The van der Waals surface area contributed by atoms with Crippen LogP contribution in [0, 0.1) is 12.7 Å². The first-order valence-electron chi connectivity index (χ1n) is 9.58. The van der Waals surface area contributed by atoms with E-state index in [1.54, 1.807) is 17.0 Å². The number of carbonyl (C=O) groups is 1. The van der Waals surface area contributed by atoms with Gasteiger partial charge < -0.3 is 14.4 Å². The third-order valence-electron chi connectivity index (χ3n) is 5.36. The molecule has 1 atom stereocenters. The summed E-state index contributed by atoms with van der Waals surface area (Å²) in [5, 5.41) is 4.00. The minimum absolute atomic E-state index is 0.193. The van der Waals surface area contributed by atoms with E-state index in [0.717, 1.165) is 24.0 Å². The molecule has 4 aromatic rings. The average Bonchev–Trinajstić information content (AvgIpc) is 3.46. The number of likely N-dealkylation sites (tertiary alicyclic amines) is 1. The molecule has 1 aliphatic heterocycles. The van der Waals surface area contributed by atoms with E-state index in [-0.39, 0.29) is 23.5 Å². The van der Waals surface area contributed by atoms with Crippen molar-refractivity contribution in [2.24, 2.45) is 0 Å². The fourth-order valence-corrected chi connectivity index (χ4v) is 3.83. The van der Waals surface area contributed by atoms with Crippen molar-refractivity contribution in [3.63, 3.8) is 0 Å². The maximum atomic E-state index is 13.5. The Hall–Kier alpha value is -3.48. The van der Waals surface area contributed by atoms with Gasteiger partial charge >= 0.3 is 0 Å². The number of aromatic amines is 1. The fraction of sp³-hybridized carbons (Fsp3) is 0.227. The number of nitrogens with zero attached hydrogens (tertiary/aromatic N) is 3. The van der Waals surface area contributed by atoms with Crippen LogP contribution in [-0.4, -0.2) is 32.5 Å². The quantitative estimate of drug-likeness (QED) is 0.553. The van der Waals surface area contributed by atoms with Crippen molar-refractivity contribution in [1.29, 1.82) is 0 Å².